The summed E-state index contributed by atoms with van der Waals surface area (Å²) in [4.78, 5) is 64.2. The number of aromatic amines is 3. The van der Waals surface area contributed by atoms with Crippen molar-refractivity contribution in [3.63, 3.8) is 0 Å². The first kappa shape index (κ1) is 74.4. The van der Waals surface area contributed by atoms with Crippen LogP contribution in [0.3, 0.4) is 0 Å². The van der Waals surface area contributed by atoms with Crippen LogP contribution in [0.15, 0.2) is 147 Å². The van der Waals surface area contributed by atoms with E-state index in [2.05, 4.69) is 92.9 Å². The molecule has 2 aliphatic rings. The van der Waals surface area contributed by atoms with Crippen LogP contribution in [0.25, 0.3) is 132 Å². The number of carbonyl (C=O) groups is 4. The van der Waals surface area contributed by atoms with Gasteiger partial charge in [-0.3, -0.25) is 48.5 Å². The van der Waals surface area contributed by atoms with E-state index < -0.39 is 5.97 Å². The van der Waals surface area contributed by atoms with Gasteiger partial charge >= 0.3 is 17.9 Å². The first-order valence-corrected chi connectivity index (χ1v) is 36.2. The Morgan fingerprint density at radius 1 is 0.505 bits per heavy atom. The third-order valence-corrected chi connectivity index (χ3v) is 18.8. The van der Waals surface area contributed by atoms with Gasteiger partial charge in [0.05, 0.1) is 91.3 Å². The Balaban J connectivity index is 0.000000120. The number of nitrogen functional groups attached to an aromatic ring is 4. The summed E-state index contributed by atoms with van der Waals surface area (Å²) in [6.07, 6.45) is 20.2. The summed E-state index contributed by atoms with van der Waals surface area (Å²) in [7, 11) is 3.43. The number of nitrogens with one attached hydrogen (secondary N) is 3. The fourth-order valence-corrected chi connectivity index (χ4v) is 13.3. The Bertz CT molecular complexity index is 6050. The standard InChI is InChI=1S/C22H24N6O3.C18H18N6O.C17H17N7O.C15H12N6O2.C4H7ClO2/c1-2-30-20(29)13-27-12-16-21(26-27)15-7-6-14(11-17(15)25-22(16)23)18-8-9-24-28(18)19-5-3-4-10-31-19;19-18-13-10-20-23-17(13)12-5-4-11(9-14(12)22-18)15-6-7-21-24(15)16-3-1-2-8-25-16;1-23(2)15(25)9-24-8-12-16(22-24)11-4-3-10(13-5-6-19-21-13)7-14(11)20-17(12)18;16-15-10-6-21(7-13(22)23)20-14(10)9-2-1-8(5-12(9)18-15)11-3-4-17-19-11;1-2-7-4(6)3-5/h6-9,11-12,19H,2-5,10,13H2,1H3,(H2,23,25);4-7,9-10,16H,1-3,8H2,(H2,19,22)(H,20,23);3-8H,9H2,1-2H3,(H2,18,20)(H,19,21);1-6H,7H2,(H2,16,18)(H,17,19)(H,22,23);2-3H2,1H3. The zero-order chi connectivity index (χ0) is 77.4. The summed E-state index contributed by atoms with van der Waals surface area (Å²) in [6, 6.07) is 31.6. The van der Waals surface area contributed by atoms with Crippen molar-refractivity contribution in [1.82, 2.24) is 104 Å². The fourth-order valence-electron chi connectivity index (χ4n) is 13.2. The molecule has 2 saturated heterocycles. The number of aliphatic carboxylic acids is 1. The second-order valence-corrected chi connectivity index (χ2v) is 26.4. The topological polar surface area (TPSA) is 459 Å². The molecule has 34 nitrogen and oxygen atoms in total. The molecule has 111 heavy (non-hydrogen) atoms. The molecule has 0 spiro atoms. The van der Waals surface area contributed by atoms with E-state index >= 15 is 0 Å². The summed E-state index contributed by atoms with van der Waals surface area (Å²) in [5, 5.41) is 58.7. The Kier molecular flexibility index (Phi) is 22.1. The number of carbonyl (C=O) groups excluding carboxylic acids is 3. The van der Waals surface area contributed by atoms with Crippen LogP contribution in [0.5, 0.6) is 0 Å². The Morgan fingerprint density at radius 2 is 0.928 bits per heavy atom. The van der Waals surface area contributed by atoms with E-state index in [1.54, 1.807) is 80.7 Å². The van der Waals surface area contributed by atoms with Crippen molar-refractivity contribution >= 4 is 146 Å². The molecule has 1 amide bonds. The Morgan fingerprint density at radius 3 is 1.34 bits per heavy atom. The lowest BCUT2D eigenvalue weighted by molar-refractivity contribution is -0.144. The molecule has 0 radical (unpaired) electrons. The third kappa shape index (κ3) is 16.2. The van der Waals surface area contributed by atoms with E-state index in [0.717, 1.165) is 157 Å². The van der Waals surface area contributed by atoms with E-state index in [4.69, 9.17) is 53.9 Å². The van der Waals surface area contributed by atoms with Crippen molar-refractivity contribution < 1.29 is 43.2 Å². The van der Waals surface area contributed by atoms with Crippen molar-refractivity contribution in [1.29, 1.82) is 0 Å². The number of esters is 2. The molecular formula is C76H78ClN25O9. The van der Waals surface area contributed by atoms with Crippen LogP contribution in [0.2, 0.25) is 0 Å². The normalized spacial score (nSPS) is 14.2. The number of fused-ring (bicyclic) bond motifs is 12. The zero-order valence-corrected chi connectivity index (χ0v) is 61.6. The molecule has 18 rings (SSSR count). The number of hydrogen-bond donors (Lipinski definition) is 8. The van der Waals surface area contributed by atoms with E-state index in [1.807, 2.05) is 100 Å². The van der Waals surface area contributed by atoms with Gasteiger partial charge in [0, 0.05) is 114 Å². The number of benzene rings is 4. The predicted octanol–water partition coefficient (Wildman–Crippen LogP) is 10.6. The maximum Gasteiger partial charge on any atom is 0.327 e. The van der Waals surface area contributed by atoms with Gasteiger partial charge < -0.3 is 51.9 Å². The molecule has 12 N–H and O–H groups in total. The number of alkyl halides is 1. The molecule has 4 aromatic carbocycles. The summed E-state index contributed by atoms with van der Waals surface area (Å²) >= 11 is 5.06. The van der Waals surface area contributed by atoms with Gasteiger partial charge in [-0.2, -0.15) is 40.8 Å². The maximum absolute atomic E-state index is 11.9. The summed E-state index contributed by atoms with van der Waals surface area (Å²) in [5.41, 5.74) is 38.2. The van der Waals surface area contributed by atoms with Gasteiger partial charge in [0.25, 0.3) is 0 Å². The number of hydrogen-bond acceptors (Lipinski definition) is 24. The van der Waals surface area contributed by atoms with Gasteiger partial charge in [-0.05, 0) is 125 Å². The third-order valence-electron chi connectivity index (χ3n) is 18.5. The highest BCUT2D eigenvalue weighted by molar-refractivity contribution is 6.26. The minimum atomic E-state index is -0.963. The molecule has 2 atom stereocenters. The molecule has 0 bridgehead atoms. The van der Waals surface area contributed by atoms with Crippen molar-refractivity contribution in [2.75, 3.05) is 69.3 Å². The van der Waals surface area contributed by atoms with Gasteiger partial charge in [0.15, 0.2) is 12.5 Å². The highest BCUT2D eigenvalue weighted by Crippen LogP contribution is 2.37. The number of anilines is 4. The predicted molar refractivity (Wildman–Crippen MR) is 420 cm³/mol. The van der Waals surface area contributed by atoms with E-state index in [0.29, 0.717) is 63.8 Å². The fraction of sp³-hybridized carbons (Fsp3) is 0.263. The molecule has 2 aliphatic heterocycles. The second kappa shape index (κ2) is 32.9. The average Bonchev–Trinajstić information content (AvgIpc) is 1.69. The second-order valence-electron chi connectivity index (χ2n) is 26.2. The number of nitrogens with two attached hydrogens (primary N) is 4. The number of aromatic nitrogens is 20. The molecule has 2 fully saturated rings. The van der Waals surface area contributed by atoms with E-state index in [-0.39, 0.29) is 55.8 Å². The van der Waals surface area contributed by atoms with Crippen LogP contribution >= 0.6 is 11.6 Å². The number of ether oxygens (including phenoxy) is 4. The smallest absolute Gasteiger partial charge is 0.327 e. The minimum absolute atomic E-state index is 0.00237. The summed E-state index contributed by atoms with van der Waals surface area (Å²) in [6.45, 7) is 5.77. The van der Waals surface area contributed by atoms with Gasteiger partial charge in [0.1, 0.15) is 65.3 Å². The van der Waals surface area contributed by atoms with Gasteiger partial charge in [-0.25, -0.2) is 29.3 Å². The Hall–Kier alpha value is -13.5. The minimum Gasteiger partial charge on any atom is -0.480 e. The first-order valence-electron chi connectivity index (χ1n) is 35.7. The number of nitrogens with zero attached hydrogens (tertiary/aromatic N) is 18. The summed E-state index contributed by atoms with van der Waals surface area (Å²) < 4.78 is 29.7. The maximum atomic E-state index is 11.9. The van der Waals surface area contributed by atoms with E-state index in [1.165, 1.54) is 9.58 Å². The molecule has 14 heterocycles. The molecule has 0 aliphatic carbocycles. The van der Waals surface area contributed by atoms with Crippen molar-refractivity contribution in [3.8, 4) is 45.0 Å². The lowest BCUT2D eigenvalue weighted by Gasteiger charge is -2.24. The zero-order valence-electron chi connectivity index (χ0n) is 60.9. The summed E-state index contributed by atoms with van der Waals surface area (Å²) in [5.74, 6) is -0.167. The number of likely N-dealkylation sites (N-methyl/N-ethyl adjacent to an activating group) is 1. The molecule has 16 aromatic rings. The van der Waals surface area contributed by atoms with E-state index in [9.17, 15) is 19.2 Å². The lowest BCUT2D eigenvalue weighted by Crippen LogP contribution is -2.26. The lowest BCUT2D eigenvalue weighted by atomic mass is 10.1. The SMILES string of the molecule is CCOC(=O)CCl.CCOC(=O)Cn1cc2c(N)nc3cc(-c4ccnn4C4CCCCO4)ccc3c2n1.CN(C)C(=O)Cn1cc2c(N)nc3cc(-c4ccn[nH]4)ccc3c2n1.Nc1nc2cc(-c3ccn[nH]3)ccc2c2nn(CC(=O)O)cc12.Nc1nc2cc(-c3ccnn3C3CCCCO3)ccc2c2[nH]ncc12. The molecule has 2 unspecified atom stereocenters. The van der Waals surface area contributed by atoms with Gasteiger partial charge in [0.2, 0.25) is 5.91 Å². The number of amides is 1. The number of halogens is 1. The van der Waals surface area contributed by atoms with Crippen LogP contribution in [0.1, 0.15) is 64.8 Å². The quantitative estimate of drug-likeness (QED) is 0.0349. The van der Waals surface area contributed by atoms with Crippen molar-refractivity contribution in [3.05, 3.63) is 147 Å². The molecule has 568 valence electrons. The average molecular weight is 1520 g/mol. The van der Waals surface area contributed by atoms with Crippen LogP contribution in [-0.4, -0.2) is 180 Å². The van der Waals surface area contributed by atoms with Gasteiger partial charge in [-0.15, -0.1) is 11.6 Å². The van der Waals surface area contributed by atoms with Gasteiger partial charge in [-0.1, -0.05) is 24.3 Å². The van der Waals surface area contributed by atoms with Crippen LogP contribution in [0.4, 0.5) is 23.3 Å². The molecule has 35 heteroatoms. The Labute approximate surface area is 635 Å². The monoisotopic (exact) mass is 1520 g/mol. The van der Waals surface area contributed by atoms with Crippen LogP contribution in [-0.2, 0) is 57.8 Å². The molecule has 0 saturated carbocycles. The number of carboxylic acids is 1. The van der Waals surface area contributed by atoms with Crippen LogP contribution in [0, 0.1) is 0 Å². The number of pyridine rings is 4. The largest absolute Gasteiger partial charge is 0.480 e. The highest BCUT2D eigenvalue weighted by atomic mass is 35.5. The number of carboxylic acid groups (broad SMARTS) is 1. The molecule has 12 aromatic heterocycles. The molecular weight excluding hydrogens is 1440 g/mol. The number of H-pyrrole nitrogens is 3. The number of rotatable bonds is 15. The van der Waals surface area contributed by atoms with Crippen molar-refractivity contribution in [2.45, 2.75) is 84.5 Å². The highest BCUT2D eigenvalue weighted by Gasteiger charge is 2.24. The first-order chi connectivity index (χ1) is 53.9. The van der Waals surface area contributed by atoms with Crippen molar-refractivity contribution in [2.24, 2.45) is 0 Å². The van der Waals surface area contributed by atoms with Crippen LogP contribution < -0.4 is 22.9 Å².